The quantitative estimate of drug-likeness (QED) is 0.0208. The summed E-state index contributed by atoms with van der Waals surface area (Å²) in [5, 5.41) is 23.6. The third-order valence-electron chi connectivity index (χ3n) is 26.3. The second-order valence-electron chi connectivity index (χ2n) is 46.9. The van der Waals surface area contributed by atoms with E-state index in [2.05, 4.69) is 133 Å². The van der Waals surface area contributed by atoms with Crippen molar-refractivity contribution in [2.45, 2.75) is 402 Å². The lowest BCUT2D eigenvalue weighted by Gasteiger charge is -2.32. The van der Waals surface area contributed by atoms with Crippen molar-refractivity contribution in [3.63, 3.8) is 0 Å². The number of esters is 6. The van der Waals surface area contributed by atoms with Crippen LogP contribution in [0, 0.1) is 94.7 Å². The first-order chi connectivity index (χ1) is 68.9. The van der Waals surface area contributed by atoms with Crippen molar-refractivity contribution in [3.8, 4) is 0 Å². The molecule has 31 heteroatoms. The van der Waals surface area contributed by atoms with E-state index in [0.717, 1.165) is 93.9 Å². The average molecular weight is 2100 g/mol. The van der Waals surface area contributed by atoms with Crippen molar-refractivity contribution in [2.75, 3.05) is 72.2 Å². The third kappa shape index (κ3) is 51.7. The van der Waals surface area contributed by atoms with E-state index in [4.69, 9.17) is 28.4 Å². The number of ketones is 2. The number of hydrogen-bond acceptors (Lipinski definition) is 24. The molecule has 0 bridgehead atoms. The van der Waals surface area contributed by atoms with E-state index in [1.807, 2.05) is 164 Å². The Morgan fingerprint density at radius 2 is 0.703 bits per heavy atom. The number of rotatable bonds is 40. The normalized spacial score (nSPS) is 18.4. The fourth-order valence-electron chi connectivity index (χ4n) is 17.9. The SMILES string of the molecule is C=C(O)C(CCSC)C(C)C.CC(C)C(CO)C(=O)N1CCC[C@H]1C(=O)OC(C)(C)C.CC(C)C(Cc1ccccc1)C(=O)N1CCC[C@H]1C(=O)OC(C)(C)C.CC(C)CC(C(=O)N1CCC[C@H]1C(=O)OC(C)(C)C)C(C)C.CC(C)CCC(=O)C(=O)NC1CC1.CCOC(=O)[C@H](C)NC(=O)C(=O)CC(C)C.COC(=O)[C@@H]1CCCN1C(=O)C(CC(C)C)C(C)C.COC(=O)[C@@H]1CCCN1C(=O)C(Cc1ccccc1)C(C)C. The summed E-state index contributed by atoms with van der Waals surface area (Å²) < 4.78 is 30.7. The Bertz CT molecular complexity index is 4370. The number of amides is 7. The molecule has 6 aliphatic rings. The van der Waals surface area contributed by atoms with Crippen LogP contribution in [-0.4, -0.2) is 255 Å². The number of carbonyl (C=O) groups excluding carboxylic acids is 15. The van der Waals surface area contributed by atoms with E-state index in [1.165, 1.54) is 21.1 Å². The molecule has 148 heavy (non-hydrogen) atoms. The predicted octanol–water partition coefficient (Wildman–Crippen LogP) is 19.2. The molecule has 6 fully saturated rings. The Labute approximate surface area is 894 Å². The van der Waals surface area contributed by atoms with Gasteiger partial charge in [0.25, 0.3) is 11.8 Å². The molecule has 2 aromatic carbocycles. The number of carbonyl (C=O) groups is 15. The second-order valence-corrected chi connectivity index (χ2v) is 47.8. The molecule has 2 aromatic rings. The van der Waals surface area contributed by atoms with Gasteiger partial charge in [0.1, 0.15) is 53.1 Å². The largest absolute Gasteiger partial charge is 0.513 e. The Balaban J connectivity index is 0.000000855. The van der Waals surface area contributed by atoms with Gasteiger partial charge in [-0.15, -0.1) is 0 Å². The number of Topliss-reactive ketones (excluding diaryl/α,β-unsaturated/α-hetero) is 2. The smallest absolute Gasteiger partial charge is 0.329 e. The Kier molecular flexibility index (Phi) is 63.4. The monoisotopic (exact) mass is 2100 g/mol. The van der Waals surface area contributed by atoms with Gasteiger partial charge in [-0.1, -0.05) is 206 Å². The molecule has 0 radical (unpaired) electrons. The number of methoxy groups -OCH3 is 2. The molecule has 7 amide bonds. The third-order valence-corrected chi connectivity index (χ3v) is 27.0. The van der Waals surface area contributed by atoms with Crippen LogP contribution in [0.4, 0.5) is 0 Å². The molecule has 0 spiro atoms. The number of allylic oxidation sites excluding steroid dienone is 1. The van der Waals surface area contributed by atoms with Gasteiger partial charge < -0.3 is 73.8 Å². The van der Waals surface area contributed by atoms with E-state index in [1.54, 1.807) is 31.4 Å². The van der Waals surface area contributed by atoms with Crippen molar-refractivity contribution in [1.82, 2.24) is 35.1 Å². The summed E-state index contributed by atoms with van der Waals surface area (Å²) in [6.45, 7) is 67.6. The van der Waals surface area contributed by atoms with E-state index in [0.29, 0.717) is 113 Å². The summed E-state index contributed by atoms with van der Waals surface area (Å²) >= 11 is 1.81. The molecule has 1 aliphatic carbocycles. The highest BCUT2D eigenvalue weighted by Gasteiger charge is 2.46. The van der Waals surface area contributed by atoms with Crippen molar-refractivity contribution in [2.24, 2.45) is 94.7 Å². The van der Waals surface area contributed by atoms with E-state index >= 15 is 0 Å². The van der Waals surface area contributed by atoms with Crippen LogP contribution in [0.2, 0.25) is 0 Å². The maximum absolute atomic E-state index is 13.2. The molecule has 5 saturated heterocycles. The number of nitrogens with one attached hydrogen (secondary N) is 2. The van der Waals surface area contributed by atoms with Gasteiger partial charge >= 0.3 is 35.8 Å². The first-order valence-electron chi connectivity index (χ1n) is 54.6. The highest BCUT2D eigenvalue weighted by molar-refractivity contribution is 7.98. The Morgan fingerprint density at radius 3 is 0.953 bits per heavy atom. The Hall–Kier alpha value is -9.26. The molecule has 5 heterocycles. The minimum absolute atomic E-state index is 0.00487. The van der Waals surface area contributed by atoms with E-state index in [-0.39, 0.29) is 162 Å². The first kappa shape index (κ1) is 137. The van der Waals surface area contributed by atoms with Crippen molar-refractivity contribution in [3.05, 3.63) is 84.1 Å². The van der Waals surface area contributed by atoms with Crippen molar-refractivity contribution < 1.29 is 111 Å². The predicted molar refractivity (Wildman–Crippen MR) is 585 cm³/mol. The number of thioether (sulfide) groups is 1. The zero-order valence-corrected chi connectivity index (χ0v) is 98.0. The maximum Gasteiger partial charge on any atom is 0.329 e. The number of benzene rings is 2. The van der Waals surface area contributed by atoms with Crippen LogP contribution < -0.4 is 10.6 Å². The van der Waals surface area contributed by atoms with Crippen LogP contribution in [0.15, 0.2) is 73.0 Å². The summed E-state index contributed by atoms with van der Waals surface area (Å²) in [6, 6.07) is 17.5. The van der Waals surface area contributed by atoms with Crippen molar-refractivity contribution >= 4 is 100 Å². The summed E-state index contributed by atoms with van der Waals surface area (Å²) in [4.78, 5) is 190. The van der Waals surface area contributed by atoms with E-state index < -0.39 is 70.6 Å². The van der Waals surface area contributed by atoms with Crippen LogP contribution in [0.5, 0.6) is 0 Å². The maximum atomic E-state index is 13.2. The van der Waals surface area contributed by atoms with Gasteiger partial charge in [0, 0.05) is 81.2 Å². The Morgan fingerprint density at radius 1 is 0.399 bits per heavy atom. The zero-order valence-electron chi connectivity index (χ0n) is 97.2. The molecule has 8 rings (SSSR count). The zero-order chi connectivity index (χ0) is 113. The van der Waals surface area contributed by atoms with Gasteiger partial charge in [-0.05, 0) is 274 Å². The van der Waals surface area contributed by atoms with E-state index in [9.17, 15) is 82.1 Å². The van der Waals surface area contributed by atoms with Gasteiger partial charge in [0.05, 0.1) is 39.1 Å². The molecule has 5 aliphatic heterocycles. The summed E-state index contributed by atoms with van der Waals surface area (Å²) in [5.41, 5.74) is 0.716. The van der Waals surface area contributed by atoms with Gasteiger partial charge in [0.15, 0.2) is 0 Å². The molecule has 4 N–H and O–H groups in total. The second kappa shape index (κ2) is 68.6. The van der Waals surface area contributed by atoms with Crippen LogP contribution in [0.25, 0.3) is 0 Å². The molecule has 1 saturated carbocycles. The highest BCUT2D eigenvalue weighted by Crippen LogP contribution is 2.35. The summed E-state index contributed by atoms with van der Waals surface area (Å²) in [6.07, 6.45) is 17.5. The minimum atomic E-state index is -0.788. The van der Waals surface area contributed by atoms with Gasteiger partial charge in [-0.2, -0.15) is 11.8 Å². The number of nitrogens with zero attached hydrogens (tertiary/aromatic N) is 5. The molecule has 12 atom stereocenters. The number of likely N-dealkylation sites (tertiary alicyclic amines) is 5. The average Bonchev–Trinajstić information content (AvgIpc) is 1.65. The highest BCUT2D eigenvalue weighted by atomic mass is 32.2. The summed E-state index contributed by atoms with van der Waals surface area (Å²) in [5.74, 6) is 0.559. The summed E-state index contributed by atoms with van der Waals surface area (Å²) in [7, 11) is 2.77. The fraction of sp³-hybridized carbons (Fsp3) is 0.752. The van der Waals surface area contributed by atoms with Gasteiger partial charge in [-0.3, -0.25) is 43.2 Å². The number of aliphatic hydroxyl groups excluding tert-OH is 2. The van der Waals surface area contributed by atoms with Crippen molar-refractivity contribution in [1.29, 1.82) is 0 Å². The number of ether oxygens (including phenoxy) is 6. The molecule has 30 nitrogen and oxygen atoms in total. The topological polar surface area (TPSA) is 392 Å². The van der Waals surface area contributed by atoms with Crippen LogP contribution in [0.3, 0.4) is 0 Å². The fourth-order valence-corrected chi connectivity index (χ4v) is 18.4. The molecular formula is C117H197N7O23S. The lowest BCUT2D eigenvalue weighted by atomic mass is 9.86. The lowest BCUT2D eigenvalue weighted by molar-refractivity contribution is -0.164. The molecule has 6 unspecified atom stereocenters. The first-order valence-corrected chi connectivity index (χ1v) is 56.0. The van der Waals surface area contributed by atoms with Gasteiger partial charge in [-0.25, -0.2) is 28.8 Å². The standard InChI is InChI=1S/C21H31NO3.C18H25NO3.C18H33NO3.C15H27NO4.C15H27NO3.C11H19NO4.C10H17NO2.C9H18OS/c1-15(2)17(14-16-10-7-6-8-11-16)19(23)22-13-9-12-18(22)20(24)25-21(3,4)5;1-13(2)15(12-14-8-5-4-6-9-14)17(20)19-11-7-10-16(19)18(21)22-3;1-12(2)11-14(13(3)4)16(20)19-10-8-9-15(19)17(21)22-18(5,6)7;1-10(2)11(9-17)13(18)16-8-6-7-12(16)14(19)20-15(3,4)5;1-10(2)9-12(11(3)4)14(17)16-8-6-7-13(16)15(18)19-5;1-5-16-11(15)8(4)12-10(14)9(13)6-7(2)3;1-7(2)3-6-9(12)10(13)11-8-4-5-8;1-7(2)9(8(3)10)5-6-11-4/h6-8,10-11,15,17-18H,9,12-14H2,1-5H3;4-6,8-9,13,15-16H,7,10-12H2,1-3H3;12-15H,8-11H2,1-7H3;10-12,17H,6-9H2,1-5H3;10-13H,6-9H2,1-5H3;7-8H,5-6H2,1-4H3,(H,12,14);7-8H,3-6H2,1-2H3,(H,11,13);7,9-10H,3,5-6H2,1-2,4H3/t17?,18-;15?,16-;14?,15-;11?,12-;12?,13-;8-;;/m000000../s1. The molecule has 0 aromatic heterocycles. The van der Waals surface area contributed by atoms with Crippen LogP contribution in [-0.2, 0) is 113 Å². The molecular weight excluding hydrogens is 1900 g/mol. The minimum Gasteiger partial charge on any atom is -0.513 e. The van der Waals surface area contributed by atoms with Gasteiger partial charge in [0.2, 0.25) is 41.1 Å². The number of hydrogen-bond donors (Lipinski definition) is 4. The van der Waals surface area contributed by atoms with Crippen LogP contribution >= 0.6 is 11.8 Å². The lowest BCUT2D eigenvalue weighted by Crippen LogP contribution is -2.47. The molecule has 844 valence electrons. The number of aliphatic hydroxyl groups is 2. The van der Waals surface area contributed by atoms with Crippen LogP contribution in [0.1, 0.15) is 341 Å².